The van der Waals surface area contributed by atoms with Gasteiger partial charge in [-0.2, -0.15) is 0 Å². The van der Waals surface area contributed by atoms with Crippen molar-refractivity contribution < 1.29 is 16.8 Å². The summed E-state index contributed by atoms with van der Waals surface area (Å²) in [6.07, 6.45) is 0. The molecule has 0 bridgehead atoms. The van der Waals surface area contributed by atoms with E-state index in [1.54, 1.807) is 54.6 Å². The van der Waals surface area contributed by atoms with Gasteiger partial charge in [-0.1, -0.05) is 70.6 Å². The average molecular weight is 522 g/mol. The van der Waals surface area contributed by atoms with Crippen LogP contribution in [0.2, 0.25) is 5.02 Å². The highest BCUT2D eigenvalue weighted by atomic mass is 35.5. The van der Waals surface area contributed by atoms with E-state index in [2.05, 4.69) is 4.98 Å². The van der Waals surface area contributed by atoms with E-state index in [0.29, 0.717) is 9.92 Å². The zero-order chi connectivity index (χ0) is 22.9. The molecule has 0 unspecified atom stereocenters. The molecule has 0 radical (unpaired) electrons. The lowest BCUT2D eigenvalue weighted by atomic mass is 10.2. The Balaban J connectivity index is 1.87. The fraction of sp³-hybridized carbons (Fsp3) is 0.0455. The summed E-state index contributed by atoms with van der Waals surface area (Å²) in [6, 6.07) is 21.0. The first-order valence-electron chi connectivity index (χ1n) is 9.24. The Morgan fingerprint density at radius 3 is 2.00 bits per heavy atom. The van der Waals surface area contributed by atoms with Crippen molar-refractivity contribution in [2.24, 2.45) is 0 Å². The van der Waals surface area contributed by atoms with Crippen LogP contribution in [0.4, 0.5) is 0 Å². The van der Waals surface area contributed by atoms with Crippen molar-refractivity contribution in [2.45, 2.75) is 35.2 Å². The number of nitrogens with zero attached hydrogens (tertiary/aromatic N) is 1. The van der Waals surface area contributed by atoms with Gasteiger partial charge in [-0.15, -0.1) is 0 Å². The van der Waals surface area contributed by atoms with Crippen molar-refractivity contribution in [3.8, 4) is 0 Å². The number of aromatic nitrogens is 1. The highest BCUT2D eigenvalue weighted by molar-refractivity contribution is 8.02. The summed E-state index contributed by atoms with van der Waals surface area (Å²) in [5.41, 5.74) is 0.908. The van der Waals surface area contributed by atoms with Crippen LogP contribution in [0.1, 0.15) is 5.56 Å². The summed E-state index contributed by atoms with van der Waals surface area (Å²) in [5.74, 6) is 0. The summed E-state index contributed by atoms with van der Waals surface area (Å²) in [7, 11) is -8.03. The monoisotopic (exact) mass is 521 g/mol. The molecule has 1 heterocycles. The zero-order valence-corrected chi connectivity index (χ0v) is 20.6. The van der Waals surface area contributed by atoms with Crippen LogP contribution in [-0.4, -0.2) is 21.8 Å². The van der Waals surface area contributed by atoms with Crippen LogP contribution in [0.25, 0.3) is 0 Å². The van der Waals surface area contributed by atoms with Gasteiger partial charge in [0.25, 0.3) is 0 Å². The predicted molar refractivity (Wildman–Crippen MR) is 126 cm³/mol. The first-order chi connectivity index (χ1) is 15.2. The van der Waals surface area contributed by atoms with Crippen molar-refractivity contribution in [3.05, 3.63) is 89.4 Å². The predicted octanol–water partition coefficient (Wildman–Crippen LogP) is 5.92. The Kier molecular flexibility index (Phi) is 6.46. The van der Waals surface area contributed by atoms with Crippen LogP contribution >= 0.6 is 34.7 Å². The lowest BCUT2D eigenvalue weighted by molar-refractivity contribution is 0.587. The van der Waals surface area contributed by atoms with Crippen LogP contribution in [0.5, 0.6) is 0 Å². The number of thiazole rings is 1. The van der Waals surface area contributed by atoms with Gasteiger partial charge in [0.2, 0.25) is 24.0 Å². The standard InChI is InChI=1S/C22H16ClNO4S4/c1-15-7-13-19(14-8-15)31(25,26)20-21(29-17-11-9-16(23)10-12-17)30-22(24-20)32(27,28)18-5-3-2-4-6-18/h2-14H,1H3. The van der Waals surface area contributed by atoms with E-state index in [1.807, 2.05) is 6.92 Å². The fourth-order valence-electron chi connectivity index (χ4n) is 2.76. The van der Waals surface area contributed by atoms with Crippen molar-refractivity contribution in [2.75, 3.05) is 0 Å². The van der Waals surface area contributed by atoms with Gasteiger partial charge in [0.15, 0.2) is 5.03 Å². The second-order valence-electron chi connectivity index (χ2n) is 6.76. The van der Waals surface area contributed by atoms with E-state index < -0.39 is 19.7 Å². The maximum atomic E-state index is 13.4. The minimum Gasteiger partial charge on any atom is -0.217 e. The van der Waals surface area contributed by atoms with Crippen LogP contribution in [0, 0.1) is 6.92 Å². The summed E-state index contributed by atoms with van der Waals surface area (Å²) >= 11 is 7.92. The first-order valence-corrected chi connectivity index (χ1v) is 14.2. The van der Waals surface area contributed by atoms with E-state index in [4.69, 9.17) is 11.6 Å². The van der Waals surface area contributed by atoms with Gasteiger partial charge in [0, 0.05) is 9.92 Å². The Bertz CT molecular complexity index is 1460. The van der Waals surface area contributed by atoms with Crippen molar-refractivity contribution in [1.29, 1.82) is 0 Å². The van der Waals surface area contributed by atoms with E-state index in [1.165, 1.54) is 24.3 Å². The maximum Gasteiger partial charge on any atom is 0.233 e. The number of rotatable bonds is 6. The third-order valence-electron chi connectivity index (χ3n) is 4.44. The van der Waals surface area contributed by atoms with Gasteiger partial charge in [0.1, 0.15) is 4.21 Å². The SMILES string of the molecule is Cc1ccc(S(=O)(=O)c2nc(S(=O)(=O)c3ccccc3)sc2Sc2ccc(Cl)cc2)cc1. The summed E-state index contributed by atoms with van der Waals surface area (Å²) in [5, 5.41) is 0.263. The fourth-order valence-corrected chi connectivity index (χ4v) is 8.87. The molecule has 0 aliphatic carbocycles. The van der Waals surface area contributed by atoms with Gasteiger partial charge in [-0.3, -0.25) is 0 Å². The number of halogens is 1. The molecule has 0 fully saturated rings. The van der Waals surface area contributed by atoms with E-state index in [-0.39, 0.29) is 23.4 Å². The van der Waals surface area contributed by atoms with Gasteiger partial charge >= 0.3 is 0 Å². The highest BCUT2D eigenvalue weighted by Gasteiger charge is 2.31. The number of benzene rings is 3. The largest absolute Gasteiger partial charge is 0.233 e. The second kappa shape index (κ2) is 8.99. The number of aryl methyl sites for hydroxylation is 1. The van der Waals surface area contributed by atoms with Crippen LogP contribution in [0.3, 0.4) is 0 Å². The number of hydrogen-bond donors (Lipinski definition) is 0. The van der Waals surface area contributed by atoms with Crippen molar-refractivity contribution in [1.82, 2.24) is 4.98 Å². The van der Waals surface area contributed by atoms with Gasteiger partial charge in [0.05, 0.1) is 9.79 Å². The molecule has 164 valence electrons. The highest BCUT2D eigenvalue weighted by Crippen LogP contribution is 2.42. The molecule has 4 rings (SSSR count). The smallest absolute Gasteiger partial charge is 0.217 e. The van der Waals surface area contributed by atoms with E-state index in [9.17, 15) is 16.8 Å². The molecule has 32 heavy (non-hydrogen) atoms. The third kappa shape index (κ3) is 4.62. The quantitative estimate of drug-likeness (QED) is 0.313. The molecule has 0 aliphatic rings. The molecule has 0 atom stereocenters. The van der Waals surface area contributed by atoms with Crippen LogP contribution in [-0.2, 0) is 19.7 Å². The third-order valence-corrected chi connectivity index (χ3v) is 11.0. The molecule has 0 saturated heterocycles. The molecule has 0 aliphatic heterocycles. The van der Waals surface area contributed by atoms with E-state index in [0.717, 1.165) is 28.7 Å². The molecular weight excluding hydrogens is 506 g/mol. The Morgan fingerprint density at radius 1 is 0.781 bits per heavy atom. The molecule has 0 spiro atoms. The minimum atomic E-state index is -4.05. The first kappa shape index (κ1) is 23.0. The molecular formula is C22H16ClNO4S4. The minimum absolute atomic E-state index is 0.0509. The average Bonchev–Trinajstić information content (AvgIpc) is 3.22. The van der Waals surface area contributed by atoms with Crippen LogP contribution < -0.4 is 0 Å². The molecule has 0 N–H and O–H groups in total. The number of sulfone groups is 2. The van der Waals surface area contributed by atoms with Gasteiger partial charge in [-0.25, -0.2) is 21.8 Å². The lowest BCUT2D eigenvalue weighted by Gasteiger charge is -2.05. The van der Waals surface area contributed by atoms with Gasteiger partial charge in [-0.05, 0) is 55.5 Å². The molecule has 0 amide bonds. The summed E-state index contributed by atoms with van der Waals surface area (Å²) in [4.78, 5) is 4.95. The maximum absolute atomic E-state index is 13.4. The number of hydrogen-bond acceptors (Lipinski definition) is 7. The molecule has 10 heteroatoms. The summed E-state index contributed by atoms with van der Waals surface area (Å²) in [6.45, 7) is 1.85. The molecule has 0 saturated carbocycles. The zero-order valence-electron chi connectivity index (χ0n) is 16.6. The van der Waals surface area contributed by atoms with Gasteiger partial charge < -0.3 is 0 Å². The molecule has 3 aromatic carbocycles. The Hall–Kier alpha value is -2.17. The molecule has 4 aromatic rings. The Morgan fingerprint density at radius 2 is 1.38 bits per heavy atom. The topological polar surface area (TPSA) is 81.2 Å². The Labute approximate surface area is 200 Å². The molecule has 1 aromatic heterocycles. The van der Waals surface area contributed by atoms with Crippen molar-refractivity contribution in [3.63, 3.8) is 0 Å². The van der Waals surface area contributed by atoms with E-state index >= 15 is 0 Å². The van der Waals surface area contributed by atoms with Crippen molar-refractivity contribution >= 4 is 54.4 Å². The molecule has 5 nitrogen and oxygen atoms in total. The summed E-state index contributed by atoms with van der Waals surface area (Å²) < 4.78 is 53.1. The second-order valence-corrected chi connectivity index (χ2v) is 13.5. The lowest BCUT2D eigenvalue weighted by Crippen LogP contribution is -2.06. The normalized spacial score (nSPS) is 12.1. The van der Waals surface area contributed by atoms with Crippen LogP contribution in [0.15, 0.2) is 107 Å².